The van der Waals surface area contributed by atoms with Crippen molar-refractivity contribution in [3.63, 3.8) is 0 Å². The number of hydrogen-bond donors (Lipinski definition) is 0. The van der Waals surface area contributed by atoms with Crippen LogP contribution in [-0.4, -0.2) is 5.88 Å². The summed E-state index contributed by atoms with van der Waals surface area (Å²) in [6.45, 7) is 0. The molecule has 0 atom stereocenters. The molecule has 0 aliphatic carbocycles. The summed E-state index contributed by atoms with van der Waals surface area (Å²) in [6, 6.07) is 3.43. The third-order valence-corrected chi connectivity index (χ3v) is 1.95. The zero-order chi connectivity index (χ0) is 11.5. The van der Waals surface area contributed by atoms with E-state index in [-0.39, 0.29) is 16.5 Å². The lowest BCUT2D eigenvalue weighted by atomic mass is 10.1. The van der Waals surface area contributed by atoms with Crippen molar-refractivity contribution in [1.29, 1.82) is 0 Å². The Morgan fingerprint density at radius 3 is 2.47 bits per heavy atom. The molecule has 0 fully saturated rings. The molecule has 1 aromatic carbocycles. The van der Waals surface area contributed by atoms with Crippen molar-refractivity contribution in [2.45, 2.75) is 6.18 Å². The molecule has 0 nitrogen and oxygen atoms in total. The maximum absolute atomic E-state index is 12.5. The fourth-order valence-corrected chi connectivity index (χ4v) is 1.23. The van der Waals surface area contributed by atoms with Crippen molar-refractivity contribution in [3.8, 4) is 11.8 Å². The third kappa shape index (κ3) is 3.33. The number of rotatable bonds is 0. The highest BCUT2D eigenvalue weighted by molar-refractivity contribution is 6.30. The highest BCUT2D eigenvalue weighted by atomic mass is 35.5. The molecule has 0 N–H and O–H groups in total. The fraction of sp³-hybridized carbons (Fsp3) is 0.200. The minimum Gasteiger partial charge on any atom is -0.166 e. The molecule has 0 aliphatic rings. The Labute approximate surface area is 95.0 Å². The smallest absolute Gasteiger partial charge is 0.166 e. The molecule has 0 radical (unpaired) electrons. The summed E-state index contributed by atoms with van der Waals surface area (Å²) in [5, 5.41) is 0.0266. The van der Waals surface area contributed by atoms with E-state index in [1.54, 1.807) is 0 Å². The van der Waals surface area contributed by atoms with Crippen LogP contribution in [0.3, 0.4) is 0 Å². The van der Waals surface area contributed by atoms with Crippen LogP contribution in [0.1, 0.15) is 11.1 Å². The molecule has 5 heteroatoms. The molecular formula is C10H5Cl2F3. The van der Waals surface area contributed by atoms with Crippen molar-refractivity contribution in [2.75, 3.05) is 5.88 Å². The largest absolute Gasteiger partial charge is 0.417 e. The molecule has 1 rings (SSSR count). The van der Waals surface area contributed by atoms with Crippen LogP contribution >= 0.6 is 23.2 Å². The standard InChI is InChI=1S/C10H5Cl2F3/c11-5-1-2-7-3-4-8(12)6-9(7)10(13,14)15/h3-4,6H,5H2. The summed E-state index contributed by atoms with van der Waals surface area (Å²) in [4.78, 5) is 0. The van der Waals surface area contributed by atoms with Gasteiger partial charge in [0.15, 0.2) is 0 Å². The molecule has 0 aromatic heterocycles. The van der Waals surface area contributed by atoms with Crippen molar-refractivity contribution in [2.24, 2.45) is 0 Å². The van der Waals surface area contributed by atoms with Crippen molar-refractivity contribution < 1.29 is 13.2 Å². The summed E-state index contributed by atoms with van der Waals surface area (Å²) < 4.78 is 37.5. The SMILES string of the molecule is FC(F)(F)c1cc(Cl)ccc1C#CCCl. The van der Waals surface area contributed by atoms with Gasteiger partial charge in [-0.05, 0) is 18.2 Å². The second-order valence-corrected chi connectivity index (χ2v) is 3.33. The van der Waals surface area contributed by atoms with Crippen molar-refractivity contribution >= 4 is 23.2 Å². The van der Waals surface area contributed by atoms with Gasteiger partial charge in [-0.25, -0.2) is 0 Å². The average molecular weight is 253 g/mol. The highest BCUT2D eigenvalue weighted by Crippen LogP contribution is 2.33. The predicted octanol–water partition coefficient (Wildman–Crippen LogP) is 3.95. The minimum absolute atomic E-state index is 0.0140. The first-order chi connectivity index (χ1) is 6.95. The van der Waals surface area contributed by atoms with Crippen LogP contribution in [0.15, 0.2) is 18.2 Å². The maximum atomic E-state index is 12.5. The maximum Gasteiger partial charge on any atom is 0.417 e. The first kappa shape index (κ1) is 12.2. The first-order valence-electron chi connectivity index (χ1n) is 3.86. The molecule has 80 valence electrons. The van der Waals surface area contributed by atoms with E-state index in [1.807, 2.05) is 0 Å². The summed E-state index contributed by atoms with van der Waals surface area (Å²) >= 11 is 10.8. The Morgan fingerprint density at radius 2 is 1.93 bits per heavy atom. The number of alkyl halides is 4. The van der Waals surface area contributed by atoms with Crippen molar-refractivity contribution in [1.82, 2.24) is 0 Å². The monoisotopic (exact) mass is 252 g/mol. The van der Waals surface area contributed by atoms with Gasteiger partial charge in [-0.2, -0.15) is 13.2 Å². The minimum atomic E-state index is -4.46. The van der Waals surface area contributed by atoms with Crippen LogP contribution in [0.4, 0.5) is 13.2 Å². The fourth-order valence-electron chi connectivity index (χ4n) is 0.989. The Hall–Kier alpha value is -0.850. The zero-order valence-electron chi connectivity index (χ0n) is 7.33. The average Bonchev–Trinajstić information content (AvgIpc) is 2.14. The molecule has 1 aromatic rings. The van der Waals surface area contributed by atoms with E-state index in [9.17, 15) is 13.2 Å². The lowest BCUT2D eigenvalue weighted by Crippen LogP contribution is -2.07. The number of halogens is 5. The molecular weight excluding hydrogens is 248 g/mol. The lowest BCUT2D eigenvalue weighted by Gasteiger charge is -2.09. The molecule has 0 unspecified atom stereocenters. The van der Waals surface area contributed by atoms with E-state index in [0.29, 0.717) is 0 Å². The van der Waals surface area contributed by atoms with Gasteiger partial charge in [-0.3, -0.25) is 0 Å². The molecule has 0 saturated carbocycles. The summed E-state index contributed by atoms with van der Waals surface area (Å²) in [5.74, 6) is 4.69. The van der Waals surface area contributed by atoms with Crippen molar-refractivity contribution in [3.05, 3.63) is 34.3 Å². The van der Waals surface area contributed by atoms with Gasteiger partial charge in [-0.1, -0.05) is 23.4 Å². The van der Waals surface area contributed by atoms with Crippen LogP contribution < -0.4 is 0 Å². The topological polar surface area (TPSA) is 0 Å². The normalized spacial score (nSPS) is 10.7. The number of benzene rings is 1. The van der Waals surface area contributed by atoms with Gasteiger partial charge in [0, 0.05) is 10.6 Å². The van der Waals surface area contributed by atoms with Crippen LogP contribution in [0.2, 0.25) is 5.02 Å². The van der Waals surface area contributed by atoms with E-state index >= 15 is 0 Å². The van der Waals surface area contributed by atoms with E-state index in [1.165, 1.54) is 12.1 Å². The molecule has 0 heterocycles. The Morgan fingerprint density at radius 1 is 1.27 bits per heavy atom. The van der Waals surface area contributed by atoms with Gasteiger partial charge in [0.2, 0.25) is 0 Å². The van der Waals surface area contributed by atoms with E-state index in [4.69, 9.17) is 23.2 Å². The molecule has 0 bridgehead atoms. The van der Waals surface area contributed by atoms with Gasteiger partial charge in [-0.15, -0.1) is 11.6 Å². The van der Waals surface area contributed by atoms with Crippen LogP contribution in [0.5, 0.6) is 0 Å². The Bertz CT molecular complexity index is 413. The van der Waals surface area contributed by atoms with Gasteiger partial charge in [0.1, 0.15) is 0 Å². The van der Waals surface area contributed by atoms with Crippen LogP contribution in [0.25, 0.3) is 0 Å². The lowest BCUT2D eigenvalue weighted by molar-refractivity contribution is -0.137. The summed E-state index contributed by atoms with van der Waals surface area (Å²) in [5.41, 5.74) is -0.958. The molecule has 0 saturated heterocycles. The summed E-state index contributed by atoms with van der Waals surface area (Å²) in [7, 11) is 0. The molecule has 0 amide bonds. The van der Waals surface area contributed by atoms with Gasteiger partial charge in [0.25, 0.3) is 0 Å². The molecule has 0 aliphatic heterocycles. The highest BCUT2D eigenvalue weighted by Gasteiger charge is 2.33. The van der Waals surface area contributed by atoms with E-state index in [2.05, 4.69) is 11.8 Å². The second-order valence-electron chi connectivity index (χ2n) is 2.62. The van der Waals surface area contributed by atoms with Gasteiger partial charge < -0.3 is 0 Å². The predicted molar refractivity (Wildman–Crippen MR) is 54.1 cm³/mol. The zero-order valence-corrected chi connectivity index (χ0v) is 8.84. The first-order valence-corrected chi connectivity index (χ1v) is 4.78. The quantitative estimate of drug-likeness (QED) is 0.485. The number of hydrogen-bond acceptors (Lipinski definition) is 0. The molecule has 15 heavy (non-hydrogen) atoms. The third-order valence-electron chi connectivity index (χ3n) is 1.58. The van der Waals surface area contributed by atoms with Crippen LogP contribution in [-0.2, 0) is 6.18 Å². The Balaban J connectivity index is 3.27. The van der Waals surface area contributed by atoms with Crippen LogP contribution in [0, 0.1) is 11.8 Å². The second kappa shape index (κ2) is 4.78. The molecule has 0 spiro atoms. The van der Waals surface area contributed by atoms with Gasteiger partial charge in [0.05, 0.1) is 11.4 Å². The van der Waals surface area contributed by atoms with E-state index < -0.39 is 11.7 Å². The Kier molecular flexibility index (Phi) is 3.90. The summed E-state index contributed by atoms with van der Waals surface area (Å²) in [6.07, 6.45) is -4.46. The van der Waals surface area contributed by atoms with Gasteiger partial charge >= 0.3 is 6.18 Å². The van der Waals surface area contributed by atoms with E-state index in [0.717, 1.165) is 6.07 Å².